The highest BCUT2D eigenvalue weighted by atomic mass is 16.1. The highest BCUT2D eigenvalue weighted by Crippen LogP contribution is 2.09. The summed E-state index contributed by atoms with van der Waals surface area (Å²) >= 11 is 0. The number of hydrogen-bond acceptors (Lipinski definition) is 4. The summed E-state index contributed by atoms with van der Waals surface area (Å²) in [5, 5.41) is 3.30. The van der Waals surface area contributed by atoms with Crippen molar-refractivity contribution >= 4 is 11.5 Å². The fourth-order valence-electron chi connectivity index (χ4n) is 2.05. The topological polar surface area (TPSA) is 58.4 Å². The van der Waals surface area contributed by atoms with E-state index in [0.717, 1.165) is 38.3 Å². The van der Waals surface area contributed by atoms with Crippen molar-refractivity contribution in [3.8, 4) is 0 Å². The number of benzene rings is 1. The maximum atomic E-state index is 11.9. The van der Waals surface area contributed by atoms with Gasteiger partial charge in [0.05, 0.1) is 0 Å². The van der Waals surface area contributed by atoms with Crippen molar-refractivity contribution in [1.29, 1.82) is 0 Å². The predicted octanol–water partition coefficient (Wildman–Crippen LogP) is 0.747. The molecule has 0 amide bonds. The minimum absolute atomic E-state index is 0.177. The van der Waals surface area contributed by atoms with Gasteiger partial charge in [-0.2, -0.15) is 0 Å². The Bertz CT molecular complexity index is 386. The van der Waals surface area contributed by atoms with Crippen molar-refractivity contribution in [2.75, 3.05) is 38.5 Å². The number of anilines is 1. The van der Waals surface area contributed by atoms with Gasteiger partial charge in [-0.25, -0.2) is 0 Å². The molecule has 1 saturated heterocycles. The molecule has 2 rings (SSSR count). The molecule has 1 aliphatic heterocycles. The summed E-state index contributed by atoms with van der Waals surface area (Å²) in [4.78, 5) is 14.3. The van der Waals surface area contributed by atoms with Crippen LogP contribution in [0.25, 0.3) is 0 Å². The third kappa shape index (κ3) is 3.54. The fourth-order valence-corrected chi connectivity index (χ4v) is 2.05. The van der Waals surface area contributed by atoms with Crippen LogP contribution in [-0.2, 0) is 0 Å². The zero-order chi connectivity index (χ0) is 12.1. The van der Waals surface area contributed by atoms with Crippen molar-refractivity contribution < 1.29 is 4.79 Å². The Morgan fingerprint density at radius 3 is 2.82 bits per heavy atom. The van der Waals surface area contributed by atoms with Crippen molar-refractivity contribution in [1.82, 2.24) is 10.2 Å². The highest BCUT2D eigenvalue weighted by molar-refractivity contribution is 5.96. The molecule has 17 heavy (non-hydrogen) atoms. The lowest BCUT2D eigenvalue weighted by Crippen LogP contribution is -2.44. The van der Waals surface area contributed by atoms with Gasteiger partial charge in [-0.05, 0) is 12.1 Å². The molecule has 0 aromatic heterocycles. The molecule has 0 bridgehead atoms. The zero-order valence-corrected chi connectivity index (χ0v) is 9.98. The van der Waals surface area contributed by atoms with Gasteiger partial charge in [0.25, 0.3) is 0 Å². The van der Waals surface area contributed by atoms with E-state index >= 15 is 0 Å². The number of nitrogens with zero attached hydrogens (tertiary/aromatic N) is 1. The van der Waals surface area contributed by atoms with Crippen LogP contribution in [0.2, 0.25) is 0 Å². The van der Waals surface area contributed by atoms with E-state index in [1.807, 2.05) is 12.1 Å². The van der Waals surface area contributed by atoms with Crippen LogP contribution in [0, 0.1) is 0 Å². The first-order valence-corrected chi connectivity index (χ1v) is 6.07. The van der Waals surface area contributed by atoms with Gasteiger partial charge in [0.2, 0.25) is 0 Å². The molecule has 0 aliphatic carbocycles. The third-order valence-electron chi connectivity index (χ3n) is 3.07. The molecule has 1 aliphatic rings. The van der Waals surface area contributed by atoms with Crippen LogP contribution in [-0.4, -0.2) is 43.4 Å². The van der Waals surface area contributed by atoms with E-state index in [4.69, 9.17) is 5.73 Å². The Balaban J connectivity index is 1.84. The SMILES string of the molecule is Nc1cccc(C(=O)CCN2CCNCC2)c1. The molecular weight excluding hydrogens is 214 g/mol. The Hall–Kier alpha value is -1.39. The maximum absolute atomic E-state index is 11.9. The molecule has 0 atom stereocenters. The molecule has 1 aromatic rings. The largest absolute Gasteiger partial charge is 0.399 e. The molecule has 0 saturated carbocycles. The van der Waals surface area contributed by atoms with Crippen molar-refractivity contribution in [3.63, 3.8) is 0 Å². The molecule has 92 valence electrons. The predicted molar refractivity (Wildman–Crippen MR) is 69.1 cm³/mol. The average Bonchev–Trinajstić information content (AvgIpc) is 2.37. The number of Topliss-reactive ketones (excluding diaryl/α,β-unsaturated/α-hetero) is 1. The van der Waals surface area contributed by atoms with Gasteiger partial charge in [-0.3, -0.25) is 4.79 Å². The number of hydrogen-bond donors (Lipinski definition) is 2. The zero-order valence-electron chi connectivity index (χ0n) is 9.98. The van der Waals surface area contributed by atoms with Crippen LogP contribution in [0.3, 0.4) is 0 Å². The number of carbonyl (C=O) groups is 1. The van der Waals surface area contributed by atoms with Gasteiger partial charge in [0.15, 0.2) is 5.78 Å². The van der Waals surface area contributed by atoms with Gasteiger partial charge < -0.3 is 16.0 Å². The summed E-state index contributed by atoms with van der Waals surface area (Å²) in [6, 6.07) is 7.21. The van der Waals surface area contributed by atoms with E-state index in [1.165, 1.54) is 0 Å². The van der Waals surface area contributed by atoms with Crippen LogP contribution < -0.4 is 11.1 Å². The smallest absolute Gasteiger partial charge is 0.164 e. The summed E-state index contributed by atoms with van der Waals surface area (Å²) in [6.07, 6.45) is 0.573. The fraction of sp³-hybridized carbons (Fsp3) is 0.462. The second-order valence-corrected chi connectivity index (χ2v) is 4.39. The van der Waals surface area contributed by atoms with Gasteiger partial charge in [0.1, 0.15) is 0 Å². The van der Waals surface area contributed by atoms with Crippen molar-refractivity contribution in [2.45, 2.75) is 6.42 Å². The summed E-state index contributed by atoms with van der Waals surface area (Å²) in [6.45, 7) is 4.95. The average molecular weight is 233 g/mol. The summed E-state index contributed by atoms with van der Waals surface area (Å²) in [5.41, 5.74) is 7.04. The summed E-state index contributed by atoms with van der Waals surface area (Å²) < 4.78 is 0. The monoisotopic (exact) mass is 233 g/mol. The summed E-state index contributed by atoms with van der Waals surface area (Å²) in [5.74, 6) is 0.177. The minimum atomic E-state index is 0.177. The van der Waals surface area contributed by atoms with E-state index in [1.54, 1.807) is 12.1 Å². The molecule has 1 aromatic carbocycles. The van der Waals surface area contributed by atoms with Crippen LogP contribution >= 0.6 is 0 Å². The highest BCUT2D eigenvalue weighted by Gasteiger charge is 2.12. The van der Waals surface area contributed by atoms with Gasteiger partial charge in [-0.15, -0.1) is 0 Å². The molecular formula is C13H19N3O. The van der Waals surface area contributed by atoms with E-state index < -0.39 is 0 Å². The Labute approximate surface area is 102 Å². The van der Waals surface area contributed by atoms with Gasteiger partial charge >= 0.3 is 0 Å². The lowest BCUT2D eigenvalue weighted by Gasteiger charge is -2.26. The number of rotatable bonds is 4. The number of carbonyl (C=O) groups excluding carboxylic acids is 1. The second-order valence-electron chi connectivity index (χ2n) is 4.39. The molecule has 4 nitrogen and oxygen atoms in total. The van der Waals surface area contributed by atoms with E-state index in [-0.39, 0.29) is 5.78 Å². The maximum Gasteiger partial charge on any atom is 0.164 e. The molecule has 0 spiro atoms. The quantitative estimate of drug-likeness (QED) is 0.595. The van der Waals surface area contributed by atoms with Crippen molar-refractivity contribution in [3.05, 3.63) is 29.8 Å². The normalized spacial score (nSPS) is 16.9. The Kier molecular flexibility index (Phi) is 4.12. The first kappa shape index (κ1) is 12.1. The molecule has 3 N–H and O–H groups in total. The number of nitrogen functional groups attached to an aromatic ring is 1. The lowest BCUT2D eigenvalue weighted by atomic mass is 10.1. The summed E-state index contributed by atoms with van der Waals surface area (Å²) in [7, 11) is 0. The van der Waals surface area contributed by atoms with Crippen LogP contribution in [0.15, 0.2) is 24.3 Å². The number of ketones is 1. The number of nitrogens with one attached hydrogen (secondary N) is 1. The second kappa shape index (κ2) is 5.80. The third-order valence-corrected chi connectivity index (χ3v) is 3.07. The lowest BCUT2D eigenvalue weighted by molar-refractivity contribution is 0.0960. The molecule has 1 heterocycles. The van der Waals surface area contributed by atoms with Crippen LogP contribution in [0.4, 0.5) is 5.69 Å². The molecule has 1 fully saturated rings. The minimum Gasteiger partial charge on any atom is -0.399 e. The van der Waals surface area contributed by atoms with Crippen molar-refractivity contribution in [2.24, 2.45) is 0 Å². The Morgan fingerprint density at radius 2 is 2.12 bits per heavy atom. The first-order chi connectivity index (χ1) is 8.25. The van der Waals surface area contributed by atoms with Gasteiger partial charge in [-0.1, -0.05) is 12.1 Å². The first-order valence-electron chi connectivity index (χ1n) is 6.07. The number of nitrogens with two attached hydrogens (primary N) is 1. The van der Waals surface area contributed by atoms with Crippen LogP contribution in [0.5, 0.6) is 0 Å². The number of piperazine rings is 1. The van der Waals surface area contributed by atoms with Crippen LogP contribution in [0.1, 0.15) is 16.8 Å². The standard InChI is InChI=1S/C13H19N3O/c14-12-3-1-2-11(10-12)13(17)4-7-16-8-5-15-6-9-16/h1-3,10,15H,4-9,14H2. The van der Waals surface area contributed by atoms with Gasteiger partial charge in [0, 0.05) is 50.4 Å². The molecule has 0 unspecified atom stereocenters. The molecule has 0 radical (unpaired) electrons. The Morgan fingerprint density at radius 1 is 1.35 bits per heavy atom. The van der Waals surface area contributed by atoms with E-state index in [0.29, 0.717) is 12.1 Å². The molecule has 4 heteroatoms. The van der Waals surface area contributed by atoms with E-state index in [9.17, 15) is 4.79 Å². The van der Waals surface area contributed by atoms with E-state index in [2.05, 4.69) is 10.2 Å².